The number of nitrogens with zero attached hydrogens (tertiary/aromatic N) is 5. The molecule has 8 nitrogen and oxygen atoms in total. The fraction of sp³-hybridized carbons (Fsp3) is 0.550. The molecule has 150 valence electrons. The molecule has 2 aromatic heterocycles. The Morgan fingerprint density at radius 3 is 2.75 bits per heavy atom. The lowest BCUT2D eigenvalue weighted by molar-refractivity contribution is -0.122. The molecule has 1 aliphatic rings. The number of carbonyl (C=O) groups is 2. The summed E-state index contributed by atoms with van der Waals surface area (Å²) in [6, 6.07) is 0. The second kappa shape index (κ2) is 9.43. The number of carbonyl (C=O) groups excluding carboxylic acids is 2. The summed E-state index contributed by atoms with van der Waals surface area (Å²) in [6.07, 6.45) is 10.8. The van der Waals surface area contributed by atoms with Crippen molar-refractivity contribution in [2.75, 3.05) is 19.6 Å². The van der Waals surface area contributed by atoms with Crippen molar-refractivity contribution in [3.63, 3.8) is 0 Å². The van der Waals surface area contributed by atoms with Crippen molar-refractivity contribution in [1.82, 2.24) is 29.7 Å². The van der Waals surface area contributed by atoms with E-state index in [-0.39, 0.29) is 23.7 Å². The molecule has 0 spiro atoms. The predicted molar refractivity (Wildman–Crippen MR) is 105 cm³/mol. The number of piperidine rings is 1. The summed E-state index contributed by atoms with van der Waals surface area (Å²) in [7, 11) is 0. The van der Waals surface area contributed by atoms with Gasteiger partial charge in [0.25, 0.3) is 5.91 Å². The van der Waals surface area contributed by atoms with Crippen LogP contribution >= 0.6 is 0 Å². The molecule has 1 atom stereocenters. The Balaban J connectivity index is 1.47. The maximum atomic E-state index is 12.8. The largest absolute Gasteiger partial charge is 0.354 e. The van der Waals surface area contributed by atoms with Gasteiger partial charge in [0.05, 0.1) is 11.9 Å². The molecule has 28 heavy (non-hydrogen) atoms. The van der Waals surface area contributed by atoms with Crippen LogP contribution in [0.3, 0.4) is 0 Å². The number of rotatable bonds is 7. The van der Waals surface area contributed by atoms with Gasteiger partial charge in [-0.05, 0) is 18.8 Å². The summed E-state index contributed by atoms with van der Waals surface area (Å²) >= 11 is 0. The molecule has 0 aromatic carbocycles. The Morgan fingerprint density at radius 1 is 1.29 bits per heavy atom. The second-order valence-electron chi connectivity index (χ2n) is 7.60. The van der Waals surface area contributed by atoms with E-state index in [0.29, 0.717) is 38.2 Å². The molecule has 0 radical (unpaired) electrons. The third-order valence-corrected chi connectivity index (χ3v) is 4.97. The molecule has 8 heteroatoms. The van der Waals surface area contributed by atoms with E-state index in [0.717, 1.165) is 18.7 Å². The van der Waals surface area contributed by atoms with Crippen molar-refractivity contribution >= 4 is 11.8 Å². The zero-order chi connectivity index (χ0) is 19.9. The van der Waals surface area contributed by atoms with Crippen molar-refractivity contribution in [2.45, 2.75) is 45.6 Å². The first-order valence-corrected chi connectivity index (χ1v) is 9.86. The average Bonchev–Trinajstić information content (AvgIpc) is 3.21. The number of likely N-dealkylation sites (tertiary alicyclic amines) is 1. The maximum Gasteiger partial charge on any atom is 0.256 e. The van der Waals surface area contributed by atoms with Crippen molar-refractivity contribution in [1.29, 1.82) is 0 Å². The summed E-state index contributed by atoms with van der Waals surface area (Å²) in [6.45, 7) is 6.62. The highest BCUT2D eigenvalue weighted by Crippen LogP contribution is 2.21. The fourth-order valence-corrected chi connectivity index (χ4v) is 3.42. The number of nitrogens with one attached hydrogen (secondary N) is 1. The number of imidazole rings is 1. The molecule has 1 saturated heterocycles. The van der Waals surface area contributed by atoms with E-state index in [1.165, 1.54) is 0 Å². The quantitative estimate of drug-likeness (QED) is 0.786. The zero-order valence-corrected chi connectivity index (χ0v) is 16.5. The number of aromatic nitrogens is 4. The Kier molecular flexibility index (Phi) is 6.73. The topological polar surface area (TPSA) is 93.0 Å². The average molecular weight is 384 g/mol. The van der Waals surface area contributed by atoms with Crippen LogP contribution in [0.2, 0.25) is 0 Å². The smallest absolute Gasteiger partial charge is 0.256 e. The highest BCUT2D eigenvalue weighted by atomic mass is 16.2. The normalized spacial score (nSPS) is 17.0. The summed E-state index contributed by atoms with van der Waals surface area (Å²) in [5, 5.41) is 2.95. The van der Waals surface area contributed by atoms with Gasteiger partial charge in [-0.1, -0.05) is 13.8 Å². The summed E-state index contributed by atoms with van der Waals surface area (Å²) in [5.41, 5.74) is 0.509. The van der Waals surface area contributed by atoms with Gasteiger partial charge in [-0.25, -0.2) is 15.0 Å². The number of hydrogen-bond donors (Lipinski definition) is 1. The van der Waals surface area contributed by atoms with Crippen molar-refractivity contribution in [2.24, 2.45) is 5.92 Å². The first-order chi connectivity index (χ1) is 13.5. The lowest BCUT2D eigenvalue weighted by Gasteiger charge is -2.32. The van der Waals surface area contributed by atoms with Gasteiger partial charge in [0.15, 0.2) is 0 Å². The van der Waals surface area contributed by atoms with Gasteiger partial charge in [-0.15, -0.1) is 0 Å². The van der Waals surface area contributed by atoms with Crippen LogP contribution in [0.1, 0.15) is 55.2 Å². The summed E-state index contributed by atoms with van der Waals surface area (Å²) in [5.74, 6) is 1.13. The summed E-state index contributed by atoms with van der Waals surface area (Å²) in [4.78, 5) is 39.4. The van der Waals surface area contributed by atoms with Gasteiger partial charge in [0, 0.05) is 63.3 Å². The molecule has 3 heterocycles. The zero-order valence-electron chi connectivity index (χ0n) is 16.5. The molecule has 1 N–H and O–H groups in total. The third kappa shape index (κ3) is 5.37. The summed E-state index contributed by atoms with van der Waals surface area (Å²) < 4.78 is 1.92. The minimum atomic E-state index is -0.0551. The highest BCUT2D eigenvalue weighted by molar-refractivity contribution is 5.93. The molecular formula is C20H28N6O2. The van der Waals surface area contributed by atoms with Crippen LogP contribution in [0.4, 0.5) is 0 Å². The van der Waals surface area contributed by atoms with Gasteiger partial charge in [0.2, 0.25) is 5.91 Å². The second-order valence-corrected chi connectivity index (χ2v) is 7.60. The van der Waals surface area contributed by atoms with Crippen LogP contribution in [0, 0.1) is 5.92 Å². The van der Waals surface area contributed by atoms with Gasteiger partial charge in [0.1, 0.15) is 5.82 Å². The minimum absolute atomic E-state index is 0.0315. The first-order valence-electron chi connectivity index (χ1n) is 9.86. The third-order valence-electron chi connectivity index (χ3n) is 4.97. The van der Waals surface area contributed by atoms with E-state index in [9.17, 15) is 9.59 Å². The Morgan fingerprint density at radius 2 is 2.07 bits per heavy atom. The van der Waals surface area contributed by atoms with E-state index < -0.39 is 0 Å². The van der Waals surface area contributed by atoms with E-state index in [1.807, 2.05) is 29.5 Å². The first kappa shape index (κ1) is 20.0. The van der Waals surface area contributed by atoms with Crippen molar-refractivity contribution < 1.29 is 9.59 Å². The van der Waals surface area contributed by atoms with Gasteiger partial charge >= 0.3 is 0 Å². The predicted octanol–water partition coefficient (Wildman–Crippen LogP) is 1.86. The molecule has 0 aliphatic carbocycles. The lowest BCUT2D eigenvalue weighted by atomic mass is 9.94. The van der Waals surface area contributed by atoms with Crippen molar-refractivity contribution in [3.05, 3.63) is 42.5 Å². The molecule has 2 aromatic rings. The number of amides is 2. The fourth-order valence-electron chi connectivity index (χ4n) is 3.42. The molecular weight excluding hydrogens is 356 g/mol. The van der Waals surface area contributed by atoms with Crippen LogP contribution < -0.4 is 5.32 Å². The molecule has 1 unspecified atom stereocenters. The maximum absolute atomic E-state index is 12.8. The van der Waals surface area contributed by atoms with Crippen LogP contribution in [0.25, 0.3) is 0 Å². The van der Waals surface area contributed by atoms with Crippen molar-refractivity contribution in [3.8, 4) is 0 Å². The molecule has 2 amide bonds. The van der Waals surface area contributed by atoms with Gasteiger partial charge in [-0.2, -0.15) is 0 Å². The lowest BCUT2D eigenvalue weighted by Crippen LogP contribution is -2.41. The molecule has 1 fully saturated rings. The van der Waals surface area contributed by atoms with Crippen LogP contribution in [-0.2, 0) is 11.3 Å². The minimum Gasteiger partial charge on any atom is -0.354 e. The highest BCUT2D eigenvalue weighted by Gasteiger charge is 2.26. The van der Waals surface area contributed by atoms with E-state index in [1.54, 1.807) is 24.9 Å². The van der Waals surface area contributed by atoms with Gasteiger partial charge in [-0.3, -0.25) is 9.59 Å². The molecule has 1 aliphatic heterocycles. The van der Waals surface area contributed by atoms with E-state index in [2.05, 4.69) is 20.3 Å². The van der Waals surface area contributed by atoms with E-state index >= 15 is 0 Å². The standard InChI is InChI=1S/C20H28N6O2/c1-15(2)19-23-11-17(12-24-19)20(28)26-7-3-4-16(13-26)10-18(27)22-6-9-25-8-5-21-14-25/h5,8,11-12,14-16H,3-4,6-7,9-10,13H2,1-2H3,(H,22,27). The number of hydrogen-bond acceptors (Lipinski definition) is 5. The monoisotopic (exact) mass is 384 g/mol. The van der Waals surface area contributed by atoms with Crippen LogP contribution in [-0.4, -0.2) is 55.9 Å². The Bertz CT molecular complexity index is 773. The molecule has 0 bridgehead atoms. The Hall–Kier alpha value is -2.77. The molecule has 3 rings (SSSR count). The SMILES string of the molecule is CC(C)c1ncc(C(=O)N2CCCC(CC(=O)NCCn3ccnc3)C2)cn1. The van der Waals surface area contributed by atoms with E-state index in [4.69, 9.17) is 0 Å². The van der Waals surface area contributed by atoms with Crippen LogP contribution in [0.15, 0.2) is 31.1 Å². The van der Waals surface area contributed by atoms with Gasteiger partial charge < -0.3 is 14.8 Å². The molecule has 0 saturated carbocycles. The Labute approximate surface area is 165 Å². The van der Waals surface area contributed by atoms with Crippen LogP contribution in [0.5, 0.6) is 0 Å².